The Balaban J connectivity index is 1.60. The second-order valence-corrected chi connectivity index (χ2v) is 5.18. The summed E-state index contributed by atoms with van der Waals surface area (Å²) in [5, 5.41) is 7.69. The zero-order chi connectivity index (χ0) is 14.7. The maximum Gasteiger partial charge on any atom is 0.274 e. The van der Waals surface area contributed by atoms with Gasteiger partial charge in [-0.1, -0.05) is 0 Å². The Kier molecular flexibility index (Phi) is 3.85. The molecular formula is C15H19N5O. The highest BCUT2D eigenvalue weighted by atomic mass is 16.2. The minimum absolute atomic E-state index is 0.0117. The van der Waals surface area contributed by atoms with Gasteiger partial charge in [0.25, 0.3) is 5.91 Å². The molecule has 1 atom stereocenters. The van der Waals surface area contributed by atoms with Gasteiger partial charge >= 0.3 is 0 Å². The summed E-state index contributed by atoms with van der Waals surface area (Å²) in [6.07, 6.45) is 6.33. The van der Waals surface area contributed by atoms with Crippen LogP contribution in [0.15, 0.2) is 36.8 Å². The van der Waals surface area contributed by atoms with Crippen molar-refractivity contribution in [2.45, 2.75) is 25.9 Å². The van der Waals surface area contributed by atoms with E-state index in [0.29, 0.717) is 12.2 Å². The molecule has 110 valence electrons. The molecule has 1 fully saturated rings. The van der Waals surface area contributed by atoms with Gasteiger partial charge < -0.3 is 10.2 Å². The number of carbonyl (C=O) groups is 1. The molecule has 2 aromatic heterocycles. The van der Waals surface area contributed by atoms with Crippen LogP contribution in [0.3, 0.4) is 0 Å². The van der Waals surface area contributed by atoms with Crippen LogP contribution in [-0.4, -0.2) is 44.7 Å². The molecule has 0 spiro atoms. The number of nitrogens with one attached hydrogen (secondary N) is 1. The van der Waals surface area contributed by atoms with Crippen molar-refractivity contribution in [1.82, 2.24) is 19.7 Å². The number of rotatable bonds is 4. The predicted molar refractivity (Wildman–Crippen MR) is 80.1 cm³/mol. The molecule has 0 aliphatic carbocycles. The van der Waals surface area contributed by atoms with E-state index in [0.717, 1.165) is 25.2 Å². The van der Waals surface area contributed by atoms with Gasteiger partial charge in [0.05, 0.1) is 5.69 Å². The standard InChI is InChI=1S/C15H19N5O/c1-2-20-9-6-14(18-20)15(21)19-8-5-13(11-19)17-12-4-3-7-16-10-12/h3-4,6-7,9-10,13,17H,2,5,8,11H2,1H3/t13-/m1/s1. The summed E-state index contributed by atoms with van der Waals surface area (Å²) in [6.45, 7) is 4.24. The van der Waals surface area contributed by atoms with Crippen LogP contribution in [0.5, 0.6) is 0 Å². The summed E-state index contributed by atoms with van der Waals surface area (Å²) >= 11 is 0. The highest BCUT2D eigenvalue weighted by Crippen LogP contribution is 2.16. The van der Waals surface area contributed by atoms with Crippen molar-refractivity contribution in [2.75, 3.05) is 18.4 Å². The van der Waals surface area contributed by atoms with Crippen molar-refractivity contribution in [2.24, 2.45) is 0 Å². The summed E-state index contributed by atoms with van der Waals surface area (Å²) in [5.74, 6) is 0.0117. The van der Waals surface area contributed by atoms with Crippen LogP contribution in [0.1, 0.15) is 23.8 Å². The lowest BCUT2D eigenvalue weighted by Gasteiger charge is -2.16. The van der Waals surface area contributed by atoms with Gasteiger partial charge in [-0.3, -0.25) is 14.5 Å². The van der Waals surface area contributed by atoms with Crippen molar-refractivity contribution in [3.63, 3.8) is 0 Å². The fourth-order valence-corrected chi connectivity index (χ4v) is 2.56. The lowest BCUT2D eigenvalue weighted by atomic mass is 10.2. The first-order chi connectivity index (χ1) is 10.3. The summed E-state index contributed by atoms with van der Waals surface area (Å²) in [6, 6.07) is 5.94. The third kappa shape index (κ3) is 3.04. The van der Waals surface area contributed by atoms with Crippen molar-refractivity contribution in [1.29, 1.82) is 0 Å². The molecule has 1 aliphatic rings. The molecule has 0 saturated carbocycles. The van der Waals surface area contributed by atoms with Crippen molar-refractivity contribution in [3.8, 4) is 0 Å². The van der Waals surface area contributed by atoms with E-state index in [9.17, 15) is 4.79 Å². The maximum atomic E-state index is 12.4. The molecule has 0 aromatic carbocycles. The van der Waals surface area contributed by atoms with E-state index in [-0.39, 0.29) is 11.9 Å². The van der Waals surface area contributed by atoms with Gasteiger partial charge in [-0.25, -0.2) is 0 Å². The zero-order valence-corrected chi connectivity index (χ0v) is 12.1. The number of hydrogen-bond donors (Lipinski definition) is 1. The van der Waals surface area contributed by atoms with Gasteiger partial charge in [-0.2, -0.15) is 5.10 Å². The Labute approximate surface area is 123 Å². The smallest absolute Gasteiger partial charge is 0.274 e. The van der Waals surface area contributed by atoms with E-state index < -0.39 is 0 Å². The Bertz CT molecular complexity index is 610. The SMILES string of the molecule is CCn1ccc(C(=O)N2CC[C@@H](Nc3cccnc3)C2)n1. The van der Waals surface area contributed by atoms with Gasteiger partial charge in [0.2, 0.25) is 0 Å². The van der Waals surface area contributed by atoms with Crippen LogP contribution in [0.2, 0.25) is 0 Å². The zero-order valence-electron chi connectivity index (χ0n) is 12.1. The summed E-state index contributed by atoms with van der Waals surface area (Å²) in [5.41, 5.74) is 1.52. The number of carbonyl (C=O) groups excluding carboxylic acids is 1. The average Bonchev–Trinajstić information content (AvgIpc) is 3.16. The molecule has 1 saturated heterocycles. The lowest BCUT2D eigenvalue weighted by molar-refractivity contribution is 0.0785. The Hall–Kier alpha value is -2.37. The molecule has 0 unspecified atom stereocenters. The normalized spacial score (nSPS) is 18.0. The number of hydrogen-bond acceptors (Lipinski definition) is 4. The van der Waals surface area contributed by atoms with Crippen molar-refractivity contribution < 1.29 is 4.79 Å². The maximum absolute atomic E-state index is 12.4. The Morgan fingerprint density at radius 2 is 2.38 bits per heavy atom. The van der Waals surface area contributed by atoms with E-state index in [1.54, 1.807) is 23.1 Å². The summed E-state index contributed by atoms with van der Waals surface area (Å²) in [7, 11) is 0. The van der Waals surface area contributed by atoms with E-state index in [1.165, 1.54) is 0 Å². The van der Waals surface area contributed by atoms with Crippen LogP contribution >= 0.6 is 0 Å². The fourth-order valence-electron chi connectivity index (χ4n) is 2.56. The molecule has 1 N–H and O–H groups in total. The highest BCUT2D eigenvalue weighted by molar-refractivity contribution is 5.92. The molecule has 6 heteroatoms. The van der Waals surface area contributed by atoms with Crippen molar-refractivity contribution >= 4 is 11.6 Å². The molecule has 0 radical (unpaired) electrons. The number of nitrogens with zero attached hydrogens (tertiary/aromatic N) is 4. The second kappa shape index (κ2) is 5.95. The van der Waals surface area contributed by atoms with Gasteiger partial charge in [-0.05, 0) is 31.5 Å². The molecule has 1 aliphatic heterocycles. The van der Waals surface area contributed by atoms with E-state index >= 15 is 0 Å². The number of likely N-dealkylation sites (tertiary alicyclic amines) is 1. The summed E-state index contributed by atoms with van der Waals surface area (Å²) < 4.78 is 1.77. The van der Waals surface area contributed by atoms with Gasteiger partial charge in [0.1, 0.15) is 5.69 Å². The minimum Gasteiger partial charge on any atom is -0.379 e. The predicted octanol–water partition coefficient (Wildman–Crippen LogP) is 1.62. The monoisotopic (exact) mass is 285 g/mol. The van der Waals surface area contributed by atoms with Crippen molar-refractivity contribution in [3.05, 3.63) is 42.5 Å². The number of pyridine rings is 1. The van der Waals surface area contributed by atoms with Crippen LogP contribution < -0.4 is 5.32 Å². The van der Waals surface area contributed by atoms with Crippen LogP contribution in [0.4, 0.5) is 5.69 Å². The minimum atomic E-state index is 0.0117. The van der Waals surface area contributed by atoms with E-state index in [1.807, 2.05) is 30.2 Å². The van der Waals surface area contributed by atoms with Gasteiger partial charge in [-0.15, -0.1) is 0 Å². The number of amides is 1. The Morgan fingerprint density at radius 3 is 3.10 bits per heavy atom. The molecule has 21 heavy (non-hydrogen) atoms. The van der Waals surface area contributed by atoms with Crippen LogP contribution in [0, 0.1) is 0 Å². The molecule has 6 nitrogen and oxygen atoms in total. The van der Waals surface area contributed by atoms with E-state index in [2.05, 4.69) is 15.4 Å². The summed E-state index contributed by atoms with van der Waals surface area (Å²) in [4.78, 5) is 18.3. The third-order valence-electron chi connectivity index (χ3n) is 3.69. The first-order valence-corrected chi connectivity index (χ1v) is 7.25. The fraction of sp³-hybridized carbons (Fsp3) is 0.400. The number of aromatic nitrogens is 3. The van der Waals surface area contributed by atoms with Crippen LogP contribution in [0.25, 0.3) is 0 Å². The molecule has 2 aromatic rings. The quantitative estimate of drug-likeness (QED) is 0.927. The second-order valence-electron chi connectivity index (χ2n) is 5.18. The Morgan fingerprint density at radius 1 is 1.48 bits per heavy atom. The molecular weight excluding hydrogens is 266 g/mol. The molecule has 3 rings (SSSR count). The third-order valence-corrected chi connectivity index (χ3v) is 3.69. The number of aryl methyl sites for hydroxylation is 1. The van der Waals surface area contributed by atoms with Crippen LogP contribution in [-0.2, 0) is 6.54 Å². The largest absolute Gasteiger partial charge is 0.379 e. The first kappa shape index (κ1) is 13.6. The van der Waals surface area contributed by atoms with Gasteiger partial charge in [0, 0.05) is 44.3 Å². The topological polar surface area (TPSA) is 63.1 Å². The molecule has 3 heterocycles. The van der Waals surface area contributed by atoms with E-state index in [4.69, 9.17) is 0 Å². The number of anilines is 1. The first-order valence-electron chi connectivity index (χ1n) is 7.25. The van der Waals surface area contributed by atoms with Gasteiger partial charge in [0.15, 0.2) is 0 Å². The lowest BCUT2D eigenvalue weighted by Crippen LogP contribution is -2.32. The average molecular weight is 285 g/mol. The molecule has 1 amide bonds. The highest BCUT2D eigenvalue weighted by Gasteiger charge is 2.28. The molecule has 0 bridgehead atoms.